The summed E-state index contributed by atoms with van der Waals surface area (Å²) < 4.78 is 25.7. The third-order valence-corrected chi connectivity index (χ3v) is 1.62. The largest absolute Gasteiger partial charge is 0.322 e. The summed E-state index contributed by atoms with van der Waals surface area (Å²) in [6.45, 7) is 3.26. The molecule has 0 atom stereocenters. The Morgan fingerprint density at radius 3 is 2.25 bits per heavy atom. The van der Waals surface area contributed by atoms with Crippen molar-refractivity contribution in [2.45, 2.75) is 19.4 Å². The van der Waals surface area contributed by atoms with E-state index in [2.05, 4.69) is 0 Å². The molecule has 0 aliphatic heterocycles. The molecular formula is C9H11F2N. The summed E-state index contributed by atoms with van der Waals surface area (Å²) in [7, 11) is 0. The predicted octanol–water partition coefficient (Wildman–Crippen LogP) is 2.16. The third-order valence-electron chi connectivity index (χ3n) is 1.62. The minimum atomic E-state index is -0.841. The highest BCUT2D eigenvalue weighted by atomic mass is 19.1. The van der Waals surface area contributed by atoms with Crippen LogP contribution in [0.25, 0.3) is 0 Å². The smallest absolute Gasteiger partial charge is 0.128 e. The van der Waals surface area contributed by atoms with Gasteiger partial charge in [-0.05, 0) is 32.0 Å². The number of nitrogens with two attached hydrogens (primary N) is 1. The van der Waals surface area contributed by atoms with Crippen molar-refractivity contribution in [1.29, 1.82) is 0 Å². The molecule has 0 aliphatic rings. The van der Waals surface area contributed by atoms with Gasteiger partial charge in [0.1, 0.15) is 11.6 Å². The zero-order valence-electron chi connectivity index (χ0n) is 7.07. The first kappa shape index (κ1) is 9.13. The summed E-state index contributed by atoms with van der Waals surface area (Å²) in [5.74, 6) is -0.936. The van der Waals surface area contributed by atoms with Gasteiger partial charge in [0.15, 0.2) is 0 Å². The summed E-state index contributed by atoms with van der Waals surface area (Å²) in [6, 6.07) is 3.28. The van der Waals surface area contributed by atoms with Crippen LogP contribution in [0.15, 0.2) is 18.2 Å². The van der Waals surface area contributed by atoms with Crippen molar-refractivity contribution < 1.29 is 8.78 Å². The van der Waals surface area contributed by atoms with Crippen molar-refractivity contribution in [1.82, 2.24) is 0 Å². The van der Waals surface area contributed by atoms with Gasteiger partial charge < -0.3 is 5.73 Å². The fourth-order valence-corrected chi connectivity index (χ4v) is 0.991. The molecule has 1 nitrogen and oxygen atoms in total. The van der Waals surface area contributed by atoms with Gasteiger partial charge in [-0.1, -0.05) is 0 Å². The molecule has 0 aromatic heterocycles. The van der Waals surface area contributed by atoms with E-state index < -0.39 is 17.2 Å². The van der Waals surface area contributed by atoms with Crippen LogP contribution in [0.3, 0.4) is 0 Å². The molecule has 3 heteroatoms. The Bertz CT molecular complexity index is 289. The van der Waals surface area contributed by atoms with Crippen LogP contribution in [0.1, 0.15) is 19.4 Å². The molecule has 0 saturated heterocycles. The van der Waals surface area contributed by atoms with Crippen LogP contribution >= 0.6 is 0 Å². The van der Waals surface area contributed by atoms with E-state index in [4.69, 9.17) is 5.73 Å². The summed E-state index contributed by atoms with van der Waals surface area (Å²) in [4.78, 5) is 0. The Morgan fingerprint density at radius 1 is 1.25 bits per heavy atom. The average molecular weight is 171 g/mol. The van der Waals surface area contributed by atoms with Crippen LogP contribution in [-0.4, -0.2) is 0 Å². The quantitative estimate of drug-likeness (QED) is 0.688. The van der Waals surface area contributed by atoms with Crippen LogP contribution in [-0.2, 0) is 5.54 Å². The maximum absolute atomic E-state index is 13.0. The van der Waals surface area contributed by atoms with Crippen LogP contribution in [0.2, 0.25) is 0 Å². The monoisotopic (exact) mass is 171 g/mol. The number of rotatable bonds is 1. The fourth-order valence-electron chi connectivity index (χ4n) is 0.991. The summed E-state index contributed by atoms with van der Waals surface area (Å²) >= 11 is 0. The summed E-state index contributed by atoms with van der Waals surface area (Å²) in [5, 5.41) is 0. The molecule has 0 bridgehead atoms. The molecule has 0 spiro atoms. The lowest BCUT2D eigenvalue weighted by molar-refractivity contribution is 0.492. The SMILES string of the molecule is CC(C)(N)c1cc(F)ccc1F. The lowest BCUT2D eigenvalue weighted by Crippen LogP contribution is -2.30. The van der Waals surface area contributed by atoms with Gasteiger partial charge in [0.25, 0.3) is 0 Å². The zero-order chi connectivity index (χ0) is 9.35. The second-order valence-corrected chi connectivity index (χ2v) is 3.35. The van der Waals surface area contributed by atoms with Crippen molar-refractivity contribution in [3.8, 4) is 0 Å². The van der Waals surface area contributed by atoms with Gasteiger partial charge >= 0.3 is 0 Å². The molecule has 1 aromatic carbocycles. The van der Waals surface area contributed by atoms with Gasteiger partial charge in [-0.3, -0.25) is 0 Å². The molecule has 0 saturated carbocycles. The maximum atomic E-state index is 13.0. The Labute approximate surface area is 70.2 Å². The van der Waals surface area contributed by atoms with E-state index in [0.29, 0.717) is 0 Å². The van der Waals surface area contributed by atoms with E-state index in [0.717, 1.165) is 18.2 Å². The predicted molar refractivity (Wildman–Crippen MR) is 43.6 cm³/mol. The Hall–Kier alpha value is -0.960. The van der Waals surface area contributed by atoms with Crippen molar-refractivity contribution >= 4 is 0 Å². The van der Waals surface area contributed by atoms with Crippen molar-refractivity contribution in [3.63, 3.8) is 0 Å². The Balaban J connectivity index is 3.23. The van der Waals surface area contributed by atoms with Gasteiger partial charge in [-0.2, -0.15) is 0 Å². The first-order valence-corrected chi connectivity index (χ1v) is 3.65. The van der Waals surface area contributed by atoms with Crippen LogP contribution in [0.5, 0.6) is 0 Å². The lowest BCUT2D eigenvalue weighted by atomic mass is 9.95. The standard InChI is InChI=1S/C9H11F2N/c1-9(2,12)7-5-6(10)3-4-8(7)11/h3-5H,12H2,1-2H3. The second kappa shape index (κ2) is 2.83. The molecule has 2 N–H and O–H groups in total. The molecule has 0 heterocycles. The number of halogens is 2. The van der Waals surface area contributed by atoms with E-state index >= 15 is 0 Å². The Morgan fingerprint density at radius 2 is 1.83 bits per heavy atom. The highest BCUT2D eigenvalue weighted by Crippen LogP contribution is 2.20. The van der Waals surface area contributed by atoms with Crippen LogP contribution < -0.4 is 5.73 Å². The minimum absolute atomic E-state index is 0.197. The van der Waals surface area contributed by atoms with E-state index in [9.17, 15) is 8.78 Å². The topological polar surface area (TPSA) is 26.0 Å². The molecule has 1 aromatic rings. The van der Waals surface area contributed by atoms with Crippen molar-refractivity contribution in [3.05, 3.63) is 35.4 Å². The highest BCUT2D eigenvalue weighted by molar-refractivity contribution is 5.24. The van der Waals surface area contributed by atoms with Gasteiger partial charge in [0, 0.05) is 11.1 Å². The van der Waals surface area contributed by atoms with E-state index in [-0.39, 0.29) is 5.56 Å². The van der Waals surface area contributed by atoms with Crippen molar-refractivity contribution in [2.24, 2.45) is 5.73 Å². The van der Waals surface area contributed by atoms with Gasteiger partial charge in [0.2, 0.25) is 0 Å². The molecule has 0 fully saturated rings. The fraction of sp³-hybridized carbons (Fsp3) is 0.333. The van der Waals surface area contributed by atoms with Crippen molar-refractivity contribution in [2.75, 3.05) is 0 Å². The number of benzene rings is 1. The molecule has 1 rings (SSSR count). The zero-order valence-corrected chi connectivity index (χ0v) is 7.07. The van der Waals surface area contributed by atoms with E-state index in [1.165, 1.54) is 0 Å². The molecule has 0 unspecified atom stereocenters. The number of hydrogen-bond donors (Lipinski definition) is 1. The first-order valence-electron chi connectivity index (χ1n) is 3.65. The van der Waals surface area contributed by atoms with E-state index in [1.54, 1.807) is 13.8 Å². The van der Waals surface area contributed by atoms with Gasteiger partial charge in [0.05, 0.1) is 0 Å². The molecule has 0 aliphatic carbocycles. The van der Waals surface area contributed by atoms with Gasteiger partial charge in [-0.25, -0.2) is 8.78 Å². The number of hydrogen-bond acceptors (Lipinski definition) is 1. The lowest BCUT2D eigenvalue weighted by Gasteiger charge is -2.19. The maximum Gasteiger partial charge on any atom is 0.128 e. The van der Waals surface area contributed by atoms with Crippen LogP contribution in [0, 0.1) is 11.6 Å². The van der Waals surface area contributed by atoms with E-state index in [1.807, 2.05) is 0 Å². The summed E-state index contributed by atoms with van der Waals surface area (Å²) in [5.41, 5.74) is 4.98. The Kier molecular flexibility index (Phi) is 2.15. The molecular weight excluding hydrogens is 160 g/mol. The van der Waals surface area contributed by atoms with Crippen LogP contribution in [0.4, 0.5) is 8.78 Å². The second-order valence-electron chi connectivity index (χ2n) is 3.35. The summed E-state index contributed by atoms with van der Waals surface area (Å²) in [6.07, 6.45) is 0. The molecule has 12 heavy (non-hydrogen) atoms. The highest BCUT2D eigenvalue weighted by Gasteiger charge is 2.18. The molecule has 0 radical (unpaired) electrons. The average Bonchev–Trinajstić information content (AvgIpc) is 1.92. The molecule has 0 amide bonds. The first-order chi connectivity index (χ1) is 5.41. The third kappa shape index (κ3) is 1.80. The normalized spacial score (nSPS) is 11.8. The molecule has 66 valence electrons. The minimum Gasteiger partial charge on any atom is -0.322 e. The van der Waals surface area contributed by atoms with Gasteiger partial charge in [-0.15, -0.1) is 0 Å².